The number of rotatable bonds is 3. The number of hydrogen-bond donors (Lipinski definition) is 0. The van der Waals surface area contributed by atoms with Crippen LogP contribution in [0.4, 0.5) is 15.8 Å². The summed E-state index contributed by atoms with van der Waals surface area (Å²) in [5.41, 5.74) is 2.10. The van der Waals surface area contributed by atoms with Gasteiger partial charge in [0.15, 0.2) is 0 Å². The van der Waals surface area contributed by atoms with Crippen LogP contribution in [-0.4, -0.2) is 30.7 Å². The Bertz CT molecular complexity index is 698. The van der Waals surface area contributed by atoms with Gasteiger partial charge in [0.05, 0.1) is 17.1 Å². The summed E-state index contributed by atoms with van der Waals surface area (Å²) in [5, 5.41) is 3.74. The van der Waals surface area contributed by atoms with Crippen LogP contribution in [0.2, 0.25) is 0 Å². The molecule has 2 heterocycles. The van der Waals surface area contributed by atoms with Crippen LogP contribution in [0.3, 0.4) is 0 Å². The summed E-state index contributed by atoms with van der Waals surface area (Å²) in [6, 6.07) is 6.15. The monoisotopic (exact) mass is 303 g/mol. The van der Waals surface area contributed by atoms with Crippen molar-refractivity contribution in [2.75, 3.05) is 29.4 Å². The number of carbonyl (C=O) groups excluding carboxylic acids is 1. The number of aryl methyl sites for hydroxylation is 1. The molecular weight excluding hydrogens is 285 g/mol. The van der Waals surface area contributed by atoms with Gasteiger partial charge in [0, 0.05) is 25.7 Å². The highest BCUT2D eigenvalue weighted by Crippen LogP contribution is 2.34. The number of carbonyl (C=O) groups is 1. The van der Waals surface area contributed by atoms with E-state index in [0.29, 0.717) is 24.5 Å². The zero-order valence-corrected chi connectivity index (χ0v) is 12.7. The summed E-state index contributed by atoms with van der Waals surface area (Å²) in [7, 11) is 0. The zero-order chi connectivity index (χ0) is 15.7. The van der Waals surface area contributed by atoms with Crippen molar-refractivity contribution in [1.82, 2.24) is 5.16 Å². The summed E-state index contributed by atoms with van der Waals surface area (Å²) >= 11 is 0. The Labute approximate surface area is 128 Å². The molecule has 0 unspecified atom stereocenters. The lowest BCUT2D eigenvalue weighted by atomic mass is 10.1. The van der Waals surface area contributed by atoms with Crippen LogP contribution in [0.25, 0.3) is 0 Å². The van der Waals surface area contributed by atoms with E-state index in [1.807, 2.05) is 0 Å². The summed E-state index contributed by atoms with van der Waals surface area (Å²) in [4.78, 5) is 16.3. The Morgan fingerprint density at radius 1 is 1.32 bits per heavy atom. The highest BCUT2D eigenvalue weighted by molar-refractivity contribution is 6.06. The quantitative estimate of drug-likeness (QED) is 0.874. The fourth-order valence-electron chi connectivity index (χ4n) is 2.75. The number of nitrogens with zero attached hydrogens (tertiary/aromatic N) is 3. The molecule has 1 aliphatic heterocycles. The maximum atomic E-state index is 13.7. The molecule has 5 nitrogen and oxygen atoms in total. The first-order valence-corrected chi connectivity index (χ1v) is 7.40. The molecule has 1 aromatic carbocycles. The molecule has 116 valence electrons. The van der Waals surface area contributed by atoms with Crippen LogP contribution < -0.4 is 9.80 Å². The third-order valence-electron chi connectivity index (χ3n) is 3.74. The number of anilines is 2. The van der Waals surface area contributed by atoms with Gasteiger partial charge in [-0.05, 0) is 31.5 Å². The molecule has 2 aromatic rings. The van der Waals surface area contributed by atoms with Gasteiger partial charge in [0.25, 0.3) is 5.91 Å². The van der Waals surface area contributed by atoms with Crippen molar-refractivity contribution < 1.29 is 13.7 Å². The van der Waals surface area contributed by atoms with Gasteiger partial charge in [-0.25, -0.2) is 4.39 Å². The SMILES string of the molecule is CCCN1CCN(C(=O)c2cc(C)no2)c2cc(F)ccc21. The highest BCUT2D eigenvalue weighted by Gasteiger charge is 2.29. The van der Waals surface area contributed by atoms with E-state index in [1.54, 1.807) is 24.0 Å². The lowest BCUT2D eigenvalue weighted by molar-refractivity contribution is 0.0951. The Balaban J connectivity index is 1.98. The third kappa shape index (κ3) is 2.56. The molecule has 0 fully saturated rings. The van der Waals surface area contributed by atoms with Crippen molar-refractivity contribution in [3.8, 4) is 0 Å². The van der Waals surface area contributed by atoms with E-state index in [1.165, 1.54) is 12.1 Å². The molecule has 0 bridgehead atoms. The molecule has 0 radical (unpaired) electrons. The van der Waals surface area contributed by atoms with Gasteiger partial charge in [-0.1, -0.05) is 12.1 Å². The fraction of sp³-hybridized carbons (Fsp3) is 0.375. The van der Waals surface area contributed by atoms with Gasteiger partial charge in [-0.3, -0.25) is 4.79 Å². The van der Waals surface area contributed by atoms with Crippen LogP contribution in [0.5, 0.6) is 0 Å². The summed E-state index contributed by atoms with van der Waals surface area (Å²) in [6.45, 7) is 5.94. The second-order valence-corrected chi connectivity index (χ2v) is 5.41. The molecule has 6 heteroatoms. The Morgan fingerprint density at radius 3 is 2.82 bits per heavy atom. The normalized spacial score (nSPS) is 14.1. The number of aromatic nitrogens is 1. The molecule has 0 saturated heterocycles. The van der Waals surface area contributed by atoms with E-state index in [2.05, 4.69) is 17.0 Å². The average Bonchev–Trinajstić information content (AvgIpc) is 2.93. The molecule has 1 amide bonds. The molecular formula is C16H18FN3O2. The van der Waals surface area contributed by atoms with Crippen molar-refractivity contribution >= 4 is 17.3 Å². The van der Waals surface area contributed by atoms with Crippen molar-refractivity contribution in [3.63, 3.8) is 0 Å². The van der Waals surface area contributed by atoms with E-state index >= 15 is 0 Å². The maximum Gasteiger partial charge on any atom is 0.297 e. The number of hydrogen-bond acceptors (Lipinski definition) is 4. The van der Waals surface area contributed by atoms with Gasteiger partial charge < -0.3 is 14.3 Å². The van der Waals surface area contributed by atoms with E-state index in [-0.39, 0.29) is 17.5 Å². The first-order valence-electron chi connectivity index (χ1n) is 7.40. The van der Waals surface area contributed by atoms with Gasteiger partial charge in [0.1, 0.15) is 5.82 Å². The first-order chi connectivity index (χ1) is 10.6. The largest absolute Gasteiger partial charge is 0.368 e. The summed E-state index contributed by atoms with van der Waals surface area (Å²) < 4.78 is 18.7. The van der Waals surface area contributed by atoms with E-state index in [4.69, 9.17) is 4.52 Å². The molecule has 1 aliphatic rings. The van der Waals surface area contributed by atoms with Crippen LogP contribution in [0.1, 0.15) is 29.6 Å². The molecule has 0 saturated carbocycles. The Morgan fingerprint density at radius 2 is 2.14 bits per heavy atom. The number of benzene rings is 1. The standard InChI is InChI=1S/C16H18FN3O2/c1-3-6-19-7-8-20(14-10-12(17)4-5-13(14)19)16(21)15-9-11(2)18-22-15/h4-5,9-10H,3,6-8H2,1-2H3. The fourth-order valence-corrected chi connectivity index (χ4v) is 2.75. The van der Waals surface area contributed by atoms with Crippen LogP contribution in [0.15, 0.2) is 28.8 Å². The Hall–Kier alpha value is -2.37. The van der Waals surface area contributed by atoms with Crippen LogP contribution in [-0.2, 0) is 0 Å². The van der Waals surface area contributed by atoms with Crippen LogP contribution >= 0.6 is 0 Å². The smallest absolute Gasteiger partial charge is 0.297 e. The topological polar surface area (TPSA) is 49.6 Å². The van der Waals surface area contributed by atoms with E-state index < -0.39 is 0 Å². The lowest BCUT2D eigenvalue weighted by Crippen LogP contribution is -2.44. The van der Waals surface area contributed by atoms with Crippen molar-refractivity contribution in [1.29, 1.82) is 0 Å². The number of halogens is 1. The van der Waals surface area contributed by atoms with Crippen molar-refractivity contribution in [2.24, 2.45) is 0 Å². The Kier molecular flexibility index (Phi) is 3.83. The van der Waals surface area contributed by atoms with Gasteiger partial charge in [-0.2, -0.15) is 0 Å². The summed E-state index contributed by atoms with van der Waals surface area (Å²) in [6.07, 6.45) is 0.992. The lowest BCUT2D eigenvalue weighted by Gasteiger charge is -2.37. The minimum atomic E-state index is -0.358. The maximum absolute atomic E-state index is 13.7. The minimum Gasteiger partial charge on any atom is -0.368 e. The van der Waals surface area contributed by atoms with Gasteiger partial charge >= 0.3 is 0 Å². The minimum absolute atomic E-state index is 0.177. The third-order valence-corrected chi connectivity index (χ3v) is 3.74. The molecule has 0 spiro atoms. The predicted molar refractivity (Wildman–Crippen MR) is 81.8 cm³/mol. The molecule has 0 N–H and O–H groups in total. The highest BCUT2D eigenvalue weighted by atomic mass is 19.1. The van der Waals surface area contributed by atoms with Crippen molar-refractivity contribution in [2.45, 2.75) is 20.3 Å². The first kappa shape index (κ1) is 14.6. The molecule has 1 aromatic heterocycles. The van der Waals surface area contributed by atoms with Gasteiger partial charge in [0.2, 0.25) is 5.76 Å². The molecule has 0 aliphatic carbocycles. The number of fused-ring (bicyclic) bond motifs is 1. The predicted octanol–water partition coefficient (Wildman–Crippen LogP) is 3.00. The zero-order valence-electron chi connectivity index (χ0n) is 12.7. The second kappa shape index (κ2) is 5.79. The van der Waals surface area contributed by atoms with E-state index in [0.717, 1.165) is 18.7 Å². The molecule has 3 rings (SSSR count). The molecule has 0 atom stereocenters. The van der Waals surface area contributed by atoms with Gasteiger partial charge in [-0.15, -0.1) is 0 Å². The van der Waals surface area contributed by atoms with Crippen LogP contribution in [0, 0.1) is 12.7 Å². The van der Waals surface area contributed by atoms with Crippen molar-refractivity contribution in [3.05, 3.63) is 41.5 Å². The number of amides is 1. The molecule has 22 heavy (non-hydrogen) atoms. The average molecular weight is 303 g/mol. The van der Waals surface area contributed by atoms with E-state index in [9.17, 15) is 9.18 Å². The summed E-state index contributed by atoms with van der Waals surface area (Å²) in [5.74, 6) is -0.469. The second-order valence-electron chi connectivity index (χ2n) is 5.41.